The highest BCUT2D eigenvalue weighted by Gasteiger charge is 1.98. The molecule has 1 aromatic carbocycles. The van der Waals surface area contributed by atoms with E-state index in [9.17, 15) is 0 Å². The summed E-state index contributed by atoms with van der Waals surface area (Å²) in [6.07, 6.45) is 7.89. The fourth-order valence-electron chi connectivity index (χ4n) is 1.47. The van der Waals surface area contributed by atoms with Gasteiger partial charge in [-0.25, -0.2) is 0 Å². The van der Waals surface area contributed by atoms with Gasteiger partial charge in [0.15, 0.2) is 0 Å². The Kier molecular flexibility index (Phi) is 5.48. The number of unbranched alkanes of at least 4 members (excludes halogenated alkanes) is 2. The van der Waals surface area contributed by atoms with Crippen LogP contribution in [0.3, 0.4) is 0 Å². The molecule has 0 aliphatic rings. The first-order valence-electron chi connectivity index (χ1n) is 5.69. The Balaban J connectivity index is 2.74. The molecule has 0 saturated heterocycles. The average molecular weight is 220 g/mol. The van der Waals surface area contributed by atoms with Gasteiger partial charge in [-0.05, 0) is 24.1 Å². The molecule has 0 radical (unpaired) electrons. The molecule has 0 spiro atoms. The number of hydrogen-bond donors (Lipinski definition) is 0. The van der Waals surface area contributed by atoms with Gasteiger partial charge in [-0.3, -0.25) is 0 Å². The van der Waals surface area contributed by atoms with Gasteiger partial charge in [-0.15, -0.1) is 0 Å². The fraction of sp³-hybridized carbons (Fsp3) is 0.429. The maximum Gasteiger partial charge on any atom is 0.123 e. The lowest BCUT2D eigenvalue weighted by Gasteiger charge is -2.05. The van der Waals surface area contributed by atoms with Crippen LogP contribution in [0.15, 0.2) is 24.3 Å². The average Bonchev–Trinajstić information content (AvgIpc) is 2.34. The lowest BCUT2D eigenvalue weighted by Crippen LogP contribution is -1.88. The minimum absolute atomic E-state index is 0.828. The lowest BCUT2D eigenvalue weighted by molar-refractivity contribution is 0.394. The summed E-state index contributed by atoms with van der Waals surface area (Å²) in [7, 11) is 3.33. The van der Waals surface area contributed by atoms with Crippen molar-refractivity contribution in [2.45, 2.75) is 26.2 Å². The van der Waals surface area contributed by atoms with Crippen LogP contribution in [0.4, 0.5) is 0 Å². The second-order valence-corrected chi connectivity index (χ2v) is 3.69. The van der Waals surface area contributed by atoms with Gasteiger partial charge in [-0.2, -0.15) is 0 Å². The molecular formula is C14H20O2. The predicted molar refractivity (Wildman–Crippen MR) is 68.1 cm³/mol. The van der Waals surface area contributed by atoms with Crippen molar-refractivity contribution in [1.82, 2.24) is 0 Å². The van der Waals surface area contributed by atoms with Crippen molar-refractivity contribution in [2.24, 2.45) is 0 Å². The van der Waals surface area contributed by atoms with E-state index in [1.165, 1.54) is 12.8 Å². The maximum atomic E-state index is 5.21. The quantitative estimate of drug-likeness (QED) is 0.677. The zero-order chi connectivity index (χ0) is 11.8. The van der Waals surface area contributed by atoms with E-state index in [0.29, 0.717) is 0 Å². The van der Waals surface area contributed by atoms with Crippen LogP contribution in [0.2, 0.25) is 0 Å². The highest BCUT2D eigenvalue weighted by atomic mass is 16.5. The van der Waals surface area contributed by atoms with Crippen molar-refractivity contribution in [3.8, 4) is 11.5 Å². The molecule has 0 amide bonds. The number of ether oxygens (including phenoxy) is 2. The van der Waals surface area contributed by atoms with E-state index in [0.717, 1.165) is 23.5 Å². The molecule has 0 bridgehead atoms. The molecular weight excluding hydrogens is 200 g/mol. The first-order chi connectivity index (χ1) is 7.80. The molecule has 2 nitrogen and oxygen atoms in total. The predicted octanol–water partition coefficient (Wildman–Crippen LogP) is 3.91. The van der Waals surface area contributed by atoms with Gasteiger partial charge in [0.25, 0.3) is 0 Å². The van der Waals surface area contributed by atoms with Gasteiger partial charge >= 0.3 is 0 Å². The summed E-state index contributed by atoms with van der Waals surface area (Å²) in [6, 6.07) is 5.89. The standard InChI is InChI=1S/C14H20O2/c1-4-5-6-7-8-12-9-13(15-2)11-14(10-12)16-3/h7-11H,4-6H2,1-3H3/b8-7+. The first-order valence-corrected chi connectivity index (χ1v) is 5.69. The Morgan fingerprint density at radius 3 is 2.19 bits per heavy atom. The Labute approximate surface area is 97.9 Å². The van der Waals surface area contributed by atoms with Crippen LogP contribution in [-0.2, 0) is 0 Å². The van der Waals surface area contributed by atoms with Crippen LogP contribution in [0.25, 0.3) is 6.08 Å². The highest BCUT2D eigenvalue weighted by molar-refractivity contribution is 5.55. The van der Waals surface area contributed by atoms with Gasteiger partial charge in [0.05, 0.1) is 14.2 Å². The SMILES string of the molecule is CCCC/C=C/c1cc(OC)cc(OC)c1. The van der Waals surface area contributed by atoms with Crippen molar-refractivity contribution in [2.75, 3.05) is 14.2 Å². The summed E-state index contributed by atoms with van der Waals surface area (Å²) in [5.41, 5.74) is 1.12. The molecule has 0 aliphatic heterocycles. The Morgan fingerprint density at radius 2 is 1.69 bits per heavy atom. The van der Waals surface area contributed by atoms with Gasteiger partial charge in [0.2, 0.25) is 0 Å². The minimum Gasteiger partial charge on any atom is -0.497 e. The van der Waals surface area contributed by atoms with E-state index >= 15 is 0 Å². The Bertz CT molecular complexity index is 320. The van der Waals surface area contributed by atoms with E-state index in [2.05, 4.69) is 19.1 Å². The molecule has 1 rings (SSSR count). The maximum absolute atomic E-state index is 5.21. The molecule has 2 heteroatoms. The molecule has 1 aromatic rings. The Morgan fingerprint density at radius 1 is 1.06 bits per heavy atom. The zero-order valence-corrected chi connectivity index (χ0v) is 10.3. The fourth-order valence-corrected chi connectivity index (χ4v) is 1.47. The molecule has 88 valence electrons. The highest BCUT2D eigenvalue weighted by Crippen LogP contribution is 2.23. The molecule has 0 N–H and O–H groups in total. The topological polar surface area (TPSA) is 18.5 Å². The molecule has 0 aromatic heterocycles. The summed E-state index contributed by atoms with van der Waals surface area (Å²) >= 11 is 0. The summed E-state index contributed by atoms with van der Waals surface area (Å²) < 4.78 is 10.4. The third-order valence-corrected chi connectivity index (χ3v) is 2.41. The molecule has 0 atom stereocenters. The smallest absolute Gasteiger partial charge is 0.123 e. The van der Waals surface area contributed by atoms with E-state index in [-0.39, 0.29) is 0 Å². The second kappa shape index (κ2) is 6.94. The van der Waals surface area contributed by atoms with Crippen molar-refractivity contribution in [3.05, 3.63) is 29.8 Å². The number of rotatable bonds is 6. The van der Waals surface area contributed by atoms with E-state index < -0.39 is 0 Å². The minimum atomic E-state index is 0.828. The number of benzene rings is 1. The van der Waals surface area contributed by atoms with Gasteiger partial charge < -0.3 is 9.47 Å². The Hall–Kier alpha value is -1.44. The lowest BCUT2D eigenvalue weighted by atomic mass is 10.1. The van der Waals surface area contributed by atoms with Gasteiger partial charge in [0, 0.05) is 6.07 Å². The summed E-state index contributed by atoms with van der Waals surface area (Å²) in [5.74, 6) is 1.66. The first kappa shape index (κ1) is 12.6. The third kappa shape index (κ3) is 3.97. The second-order valence-electron chi connectivity index (χ2n) is 3.69. The van der Waals surface area contributed by atoms with Crippen LogP contribution in [-0.4, -0.2) is 14.2 Å². The zero-order valence-electron chi connectivity index (χ0n) is 10.3. The number of hydrogen-bond acceptors (Lipinski definition) is 2. The molecule has 16 heavy (non-hydrogen) atoms. The van der Waals surface area contributed by atoms with Crippen LogP contribution in [0.1, 0.15) is 31.7 Å². The van der Waals surface area contributed by atoms with Crippen LogP contribution >= 0.6 is 0 Å². The van der Waals surface area contributed by atoms with Crippen molar-refractivity contribution in [3.63, 3.8) is 0 Å². The third-order valence-electron chi connectivity index (χ3n) is 2.41. The van der Waals surface area contributed by atoms with E-state index in [4.69, 9.17) is 9.47 Å². The summed E-state index contributed by atoms with van der Waals surface area (Å²) in [4.78, 5) is 0. The molecule has 0 fully saturated rings. The van der Waals surface area contributed by atoms with Crippen LogP contribution in [0, 0.1) is 0 Å². The van der Waals surface area contributed by atoms with Crippen molar-refractivity contribution < 1.29 is 9.47 Å². The summed E-state index contributed by atoms with van der Waals surface area (Å²) in [6.45, 7) is 2.20. The molecule has 0 aliphatic carbocycles. The van der Waals surface area contributed by atoms with Crippen LogP contribution in [0.5, 0.6) is 11.5 Å². The van der Waals surface area contributed by atoms with Crippen molar-refractivity contribution in [1.29, 1.82) is 0 Å². The number of methoxy groups -OCH3 is 2. The largest absolute Gasteiger partial charge is 0.497 e. The van der Waals surface area contributed by atoms with Crippen molar-refractivity contribution >= 4 is 6.08 Å². The monoisotopic (exact) mass is 220 g/mol. The van der Waals surface area contributed by atoms with Crippen LogP contribution < -0.4 is 9.47 Å². The molecule has 0 unspecified atom stereocenters. The van der Waals surface area contributed by atoms with Gasteiger partial charge in [-0.1, -0.05) is 31.9 Å². The van der Waals surface area contributed by atoms with E-state index in [1.54, 1.807) is 14.2 Å². The molecule has 0 saturated carbocycles. The molecule has 0 heterocycles. The normalized spacial score (nSPS) is 10.7. The van der Waals surface area contributed by atoms with E-state index in [1.807, 2.05) is 18.2 Å². The summed E-state index contributed by atoms with van der Waals surface area (Å²) in [5, 5.41) is 0. The van der Waals surface area contributed by atoms with Gasteiger partial charge in [0.1, 0.15) is 11.5 Å². The number of allylic oxidation sites excluding steroid dienone is 1.